The minimum Gasteiger partial charge on any atom is -0.397 e. The first-order valence-electron chi connectivity index (χ1n) is 10.3. The van der Waals surface area contributed by atoms with Crippen LogP contribution < -0.4 is 20.9 Å². The number of pyridine rings is 1. The van der Waals surface area contributed by atoms with Crippen LogP contribution in [0.2, 0.25) is 5.02 Å². The highest BCUT2D eigenvalue weighted by molar-refractivity contribution is 7.21. The predicted molar refractivity (Wildman–Crippen MR) is 122 cm³/mol. The number of thiophene rings is 1. The second-order valence-corrected chi connectivity index (χ2v) is 9.21. The third kappa shape index (κ3) is 3.51. The van der Waals surface area contributed by atoms with Gasteiger partial charge in [-0.1, -0.05) is 29.0 Å². The Balaban J connectivity index is 1.58. The maximum atomic E-state index is 13.0. The quantitative estimate of drug-likeness (QED) is 0.642. The van der Waals surface area contributed by atoms with Crippen LogP contribution in [0.5, 0.6) is 0 Å². The van der Waals surface area contributed by atoms with Gasteiger partial charge in [0.05, 0.1) is 24.3 Å². The van der Waals surface area contributed by atoms with Crippen molar-refractivity contribution in [2.24, 2.45) is 0 Å². The molecule has 4 N–H and O–H groups in total. The van der Waals surface area contributed by atoms with E-state index in [0.29, 0.717) is 21.3 Å². The summed E-state index contributed by atoms with van der Waals surface area (Å²) >= 11 is 7.47. The maximum absolute atomic E-state index is 13.0. The van der Waals surface area contributed by atoms with Gasteiger partial charge in [0.25, 0.3) is 11.7 Å². The fourth-order valence-electron chi connectivity index (χ4n) is 4.44. The summed E-state index contributed by atoms with van der Waals surface area (Å²) in [7, 11) is 0. The number of fused-ring (bicyclic) bond motifs is 3. The summed E-state index contributed by atoms with van der Waals surface area (Å²) in [6.07, 6.45) is 4.35. The normalized spacial score (nSPS) is 16.5. The molecule has 156 valence electrons. The van der Waals surface area contributed by atoms with Gasteiger partial charge in [-0.05, 0) is 49.4 Å². The third-order valence-corrected chi connectivity index (χ3v) is 7.20. The highest BCUT2D eigenvalue weighted by Crippen LogP contribution is 2.40. The number of anilines is 3. The van der Waals surface area contributed by atoms with E-state index in [2.05, 4.69) is 15.2 Å². The lowest BCUT2D eigenvalue weighted by molar-refractivity contribution is -0.328. The topological polar surface area (TPSA) is 81.7 Å². The van der Waals surface area contributed by atoms with Crippen LogP contribution in [0.1, 0.15) is 33.6 Å². The van der Waals surface area contributed by atoms with Crippen molar-refractivity contribution < 1.29 is 14.5 Å². The van der Waals surface area contributed by atoms with Crippen LogP contribution in [0.15, 0.2) is 24.3 Å². The number of nitrogens with zero attached hydrogens (tertiary/aromatic N) is 1. The first-order valence-corrected chi connectivity index (χ1v) is 11.5. The highest BCUT2D eigenvalue weighted by Gasteiger charge is 2.31. The van der Waals surface area contributed by atoms with Gasteiger partial charge in [0.1, 0.15) is 18.0 Å². The molecule has 1 amide bonds. The number of aryl methyl sites for hydroxylation is 1. The molecular weight excluding hydrogens is 420 g/mol. The number of aromatic nitrogens is 1. The van der Waals surface area contributed by atoms with E-state index in [0.717, 1.165) is 55.8 Å². The molecule has 0 unspecified atom stereocenters. The van der Waals surface area contributed by atoms with Gasteiger partial charge in [0.2, 0.25) is 0 Å². The number of amides is 1. The zero-order chi connectivity index (χ0) is 20.7. The molecule has 0 bridgehead atoms. The van der Waals surface area contributed by atoms with Gasteiger partial charge in [-0.15, -0.1) is 0 Å². The number of aromatic amines is 1. The Morgan fingerprint density at radius 3 is 2.73 bits per heavy atom. The summed E-state index contributed by atoms with van der Waals surface area (Å²) in [5.41, 5.74) is 10.4. The van der Waals surface area contributed by atoms with Gasteiger partial charge in [0.15, 0.2) is 4.83 Å². The number of carbonyl (C=O) groups is 1. The molecule has 2 aromatic heterocycles. The Morgan fingerprint density at radius 2 is 1.97 bits per heavy atom. The maximum Gasteiger partial charge on any atom is 0.279 e. The predicted octanol–water partition coefficient (Wildman–Crippen LogP) is 3.92. The Kier molecular flexibility index (Phi) is 5.26. The number of nitrogens with two attached hydrogens (primary N) is 1. The molecule has 1 aromatic carbocycles. The zero-order valence-electron chi connectivity index (χ0n) is 16.6. The number of nitrogen functional groups attached to an aromatic ring is 1. The number of hydrogen-bond donors (Lipinski definition) is 2. The van der Waals surface area contributed by atoms with Gasteiger partial charge >= 0.3 is 0 Å². The largest absolute Gasteiger partial charge is 0.397 e. The minimum absolute atomic E-state index is 0.207. The Morgan fingerprint density at radius 1 is 1.20 bits per heavy atom. The lowest BCUT2D eigenvalue weighted by Crippen LogP contribution is -2.40. The summed E-state index contributed by atoms with van der Waals surface area (Å²) in [6, 6.07) is 7.13. The lowest BCUT2D eigenvalue weighted by atomic mass is 9.89. The SMILES string of the molecule is Nc1c(C(=O)Nc2cccc(Cl)c2)sc2[nH+]c(N3CCOCC3)c3c(c12)CCCC3. The van der Waals surface area contributed by atoms with Gasteiger partial charge in [-0.25, -0.2) is 4.98 Å². The highest BCUT2D eigenvalue weighted by atomic mass is 35.5. The van der Waals surface area contributed by atoms with E-state index < -0.39 is 0 Å². The van der Waals surface area contributed by atoms with Crippen LogP contribution in [0.4, 0.5) is 17.2 Å². The van der Waals surface area contributed by atoms with E-state index >= 15 is 0 Å². The molecule has 2 aliphatic rings. The van der Waals surface area contributed by atoms with Crippen molar-refractivity contribution in [3.05, 3.63) is 45.3 Å². The first kappa shape index (κ1) is 19.6. The number of hydrogen-bond acceptors (Lipinski definition) is 5. The van der Waals surface area contributed by atoms with Crippen LogP contribution in [-0.4, -0.2) is 32.2 Å². The number of carbonyl (C=O) groups excluding carboxylic acids is 1. The van der Waals surface area contributed by atoms with Crippen LogP contribution in [-0.2, 0) is 17.6 Å². The molecule has 3 aromatic rings. The number of halogens is 1. The molecule has 5 rings (SSSR count). The number of rotatable bonds is 3. The van der Waals surface area contributed by atoms with E-state index in [4.69, 9.17) is 22.1 Å². The number of morpholine rings is 1. The van der Waals surface area contributed by atoms with E-state index in [1.54, 1.807) is 12.1 Å². The molecule has 0 spiro atoms. The summed E-state index contributed by atoms with van der Waals surface area (Å²) in [4.78, 5) is 20.5. The van der Waals surface area contributed by atoms with Crippen molar-refractivity contribution in [1.29, 1.82) is 0 Å². The van der Waals surface area contributed by atoms with E-state index in [-0.39, 0.29) is 5.91 Å². The summed E-state index contributed by atoms with van der Waals surface area (Å²) < 4.78 is 5.54. The van der Waals surface area contributed by atoms with E-state index in [1.807, 2.05) is 12.1 Å². The second kappa shape index (κ2) is 8.06. The molecule has 1 saturated heterocycles. The molecule has 1 fully saturated rings. The van der Waals surface area contributed by atoms with Gasteiger partial charge < -0.3 is 15.8 Å². The van der Waals surface area contributed by atoms with Crippen LogP contribution in [0.25, 0.3) is 10.2 Å². The number of ether oxygens (including phenoxy) is 1. The Bertz CT molecular complexity index is 1120. The van der Waals surface area contributed by atoms with Gasteiger partial charge in [0, 0.05) is 16.3 Å². The Labute approximate surface area is 184 Å². The van der Waals surface area contributed by atoms with Gasteiger partial charge in [-0.2, -0.15) is 0 Å². The Hall–Kier alpha value is -2.35. The van der Waals surface area contributed by atoms with Crippen LogP contribution in [0.3, 0.4) is 0 Å². The fraction of sp³-hybridized carbons (Fsp3) is 0.364. The van der Waals surface area contributed by atoms with Crippen LogP contribution in [0, 0.1) is 0 Å². The second-order valence-electron chi connectivity index (χ2n) is 7.75. The number of nitrogens with one attached hydrogen (secondary N) is 2. The number of benzene rings is 1. The van der Waals surface area contributed by atoms with Crippen LogP contribution >= 0.6 is 22.9 Å². The van der Waals surface area contributed by atoms with Crippen molar-refractivity contribution in [2.45, 2.75) is 25.7 Å². The number of H-pyrrole nitrogens is 1. The van der Waals surface area contributed by atoms with Gasteiger partial charge in [-0.3, -0.25) is 9.69 Å². The van der Waals surface area contributed by atoms with E-state index in [9.17, 15) is 4.79 Å². The fourth-order valence-corrected chi connectivity index (χ4v) is 5.67. The molecule has 30 heavy (non-hydrogen) atoms. The van der Waals surface area contributed by atoms with Crippen molar-refractivity contribution >= 4 is 56.3 Å². The van der Waals surface area contributed by atoms with Crippen molar-refractivity contribution in [2.75, 3.05) is 42.3 Å². The minimum atomic E-state index is -0.207. The average Bonchev–Trinajstić information content (AvgIpc) is 3.10. The molecule has 8 heteroatoms. The molecule has 1 aliphatic carbocycles. The van der Waals surface area contributed by atoms with Crippen molar-refractivity contribution in [1.82, 2.24) is 0 Å². The monoisotopic (exact) mass is 443 g/mol. The smallest absolute Gasteiger partial charge is 0.279 e. The molecule has 3 heterocycles. The molecule has 0 saturated carbocycles. The standard InChI is InChI=1S/C22H23ClN4O2S/c23-13-4-3-5-14(12-13)25-21(28)19-18(24)17-15-6-1-2-7-16(15)20(26-22(17)30-19)27-8-10-29-11-9-27/h3-5,12H,1-2,6-11,24H2,(H,25,28)/p+1. The summed E-state index contributed by atoms with van der Waals surface area (Å²) in [5.74, 6) is 0.963. The molecule has 0 atom stereocenters. The summed E-state index contributed by atoms with van der Waals surface area (Å²) in [5, 5.41) is 4.52. The average molecular weight is 444 g/mol. The lowest BCUT2D eigenvalue weighted by Gasteiger charge is -2.26. The first-order chi connectivity index (χ1) is 14.6. The summed E-state index contributed by atoms with van der Waals surface area (Å²) in [6.45, 7) is 3.22. The molecule has 0 radical (unpaired) electrons. The molecule has 6 nitrogen and oxygen atoms in total. The van der Waals surface area contributed by atoms with Crippen molar-refractivity contribution in [3.63, 3.8) is 0 Å². The van der Waals surface area contributed by atoms with E-state index in [1.165, 1.54) is 34.7 Å². The molecule has 1 aliphatic heterocycles. The third-order valence-electron chi connectivity index (χ3n) is 5.85. The zero-order valence-corrected chi connectivity index (χ0v) is 18.2. The molecular formula is C22H24ClN4O2S+. The van der Waals surface area contributed by atoms with Crippen molar-refractivity contribution in [3.8, 4) is 0 Å².